The van der Waals surface area contributed by atoms with Crippen molar-refractivity contribution in [2.24, 2.45) is 0 Å². The van der Waals surface area contributed by atoms with E-state index in [4.69, 9.17) is 13.7 Å². The molecule has 1 aromatic heterocycles. The van der Waals surface area contributed by atoms with Gasteiger partial charge in [0, 0.05) is 6.54 Å². The van der Waals surface area contributed by atoms with E-state index >= 15 is 0 Å². The minimum absolute atomic E-state index is 0.0129. The smallest absolute Gasteiger partial charge is 0.465 e. The summed E-state index contributed by atoms with van der Waals surface area (Å²) in [5.41, 5.74) is 0.504. The first-order valence-electron chi connectivity index (χ1n) is 9.37. The molecule has 30 heavy (non-hydrogen) atoms. The normalized spacial score (nSPS) is 17.9. The van der Waals surface area contributed by atoms with Gasteiger partial charge in [0.1, 0.15) is 5.76 Å². The SMILES string of the molecule is CC1(C)OB(c2ccc(CN(Cc3ccc(C(F)(F)F)o3)C(=O)O)cc2)OC1(C)C. The van der Waals surface area contributed by atoms with E-state index in [0.29, 0.717) is 5.56 Å². The molecule has 0 aliphatic carbocycles. The summed E-state index contributed by atoms with van der Waals surface area (Å²) in [6, 6.07) is 8.95. The van der Waals surface area contributed by atoms with E-state index in [0.717, 1.165) is 22.5 Å². The number of halogens is 3. The van der Waals surface area contributed by atoms with Crippen LogP contribution in [-0.4, -0.2) is 34.4 Å². The van der Waals surface area contributed by atoms with Crippen molar-refractivity contribution in [3.8, 4) is 0 Å². The summed E-state index contributed by atoms with van der Waals surface area (Å²) >= 11 is 0. The fraction of sp³-hybridized carbons (Fsp3) is 0.450. The summed E-state index contributed by atoms with van der Waals surface area (Å²) in [6.07, 6.45) is -5.88. The van der Waals surface area contributed by atoms with Crippen molar-refractivity contribution in [2.75, 3.05) is 0 Å². The molecular weight excluding hydrogens is 402 g/mol. The van der Waals surface area contributed by atoms with E-state index in [1.54, 1.807) is 24.3 Å². The Bertz CT molecular complexity index is 892. The molecule has 1 aliphatic rings. The second-order valence-electron chi connectivity index (χ2n) is 8.23. The van der Waals surface area contributed by atoms with E-state index in [1.807, 2.05) is 27.7 Å². The fourth-order valence-corrected chi connectivity index (χ4v) is 2.97. The zero-order valence-electron chi connectivity index (χ0n) is 17.1. The van der Waals surface area contributed by atoms with E-state index in [2.05, 4.69) is 0 Å². The van der Waals surface area contributed by atoms with Crippen LogP contribution in [0.15, 0.2) is 40.8 Å². The Hall–Kier alpha value is -2.46. The molecule has 0 unspecified atom stereocenters. The highest BCUT2D eigenvalue weighted by atomic mass is 19.4. The first kappa shape index (κ1) is 22.2. The maximum atomic E-state index is 12.7. The molecule has 1 N–H and O–H groups in total. The molecule has 1 fully saturated rings. The van der Waals surface area contributed by atoms with Gasteiger partial charge >= 0.3 is 19.4 Å². The lowest BCUT2D eigenvalue weighted by molar-refractivity contribution is -0.153. The van der Waals surface area contributed by atoms with E-state index in [1.165, 1.54) is 0 Å². The van der Waals surface area contributed by atoms with Gasteiger partial charge in [0.15, 0.2) is 0 Å². The molecule has 0 radical (unpaired) electrons. The molecule has 0 spiro atoms. The highest BCUT2D eigenvalue weighted by molar-refractivity contribution is 6.62. The van der Waals surface area contributed by atoms with Crippen LogP contribution in [0.1, 0.15) is 44.8 Å². The number of benzene rings is 1. The molecule has 162 valence electrons. The average molecular weight is 425 g/mol. The molecule has 1 aromatic carbocycles. The van der Waals surface area contributed by atoms with Crippen LogP contribution in [-0.2, 0) is 28.6 Å². The Morgan fingerprint density at radius 3 is 2.03 bits per heavy atom. The third-order valence-corrected chi connectivity index (χ3v) is 5.44. The van der Waals surface area contributed by atoms with E-state index < -0.39 is 36.4 Å². The van der Waals surface area contributed by atoms with Crippen LogP contribution in [0.5, 0.6) is 0 Å². The molecule has 3 rings (SSSR count). The van der Waals surface area contributed by atoms with Crippen molar-refractivity contribution in [3.63, 3.8) is 0 Å². The van der Waals surface area contributed by atoms with Gasteiger partial charge in [-0.2, -0.15) is 13.2 Å². The van der Waals surface area contributed by atoms with Crippen LogP contribution in [0.3, 0.4) is 0 Å². The topological polar surface area (TPSA) is 72.1 Å². The second-order valence-corrected chi connectivity index (χ2v) is 8.23. The van der Waals surface area contributed by atoms with Crippen LogP contribution >= 0.6 is 0 Å². The van der Waals surface area contributed by atoms with Crippen molar-refractivity contribution in [1.82, 2.24) is 4.90 Å². The van der Waals surface area contributed by atoms with Crippen molar-refractivity contribution < 1.29 is 36.8 Å². The zero-order valence-corrected chi connectivity index (χ0v) is 17.1. The van der Waals surface area contributed by atoms with Crippen LogP contribution < -0.4 is 5.46 Å². The summed E-state index contributed by atoms with van der Waals surface area (Å²) in [5, 5.41) is 9.43. The van der Waals surface area contributed by atoms with Gasteiger partial charge in [-0.05, 0) is 50.9 Å². The molecule has 1 amide bonds. The molecule has 0 atom stereocenters. The molecule has 0 saturated carbocycles. The highest BCUT2D eigenvalue weighted by Crippen LogP contribution is 2.36. The van der Waals surface area contributed by atoms with E-state index in [-0.39, 0.29) is 18.8 Å². The molecule has 10 heteroatoms. The summed E-state index contributed by atoms with van der Waals surface area (Å²) in [4.78, 5) is 12.5. The van der Waals surface area contributed by atoms with Gasteiger partial charge in [0.2, 0.25) is 5.76 Å². The zero-order chi connectivity index (χ0) is 22.3. The molecule has 6 nitrogen and oxygen atoms in total. The molecule has 2 heterocycles. The number of nitrogens with zero attached hydrogens (tertiary/aromatic N) is 1. The van der Waals surface area contributed by atoms with Gasteiger partial charge in [-0.1, -0.05) is 24.3 Å². The molecule has 2 aromatic rings. The molecular formula is C20H23BF3NO5. The Kier molecular flexibility index (Phi) is 5.68. The van der Waals surface area contributed by atoms with Gasteiger partial charge in [-0.15, -0.1) is 0 Å². The van der Waals surface area contributed by atoms with Gasteiger partial charge in [-0.25, -0.2) is 4.79 Å². The Labute approximate surface area is 172 Å². The second kappa shape index (κ2) is 7.66. The monoisotopic (exact) mass is 425 g/mol. The third-order valence-electron chi connectivity index (χ3n) is 5.44. The first-order chi connectivity index (χ1) is 13.8. The summed E-state index contributed by atoms with van der Waals surface area (Å²) in [6.45, 7) is 7.48. The standard InChI is InChI=1S/C20H23BF3NO5/c1-18(2)19(3,4)30-21(29-18)14-7-5-13(6-8-14)11-25(17(26)27)12-15-9-10-16(28-15)20(22,23)24/h5-10H,11-12H2,1-4H3,(H,26,27). The van der Waals surface area contributed by atoms with Crippen LogP contribution in [0, 0.1) is 0 Å². The first-order valence-corrected chi connectivity index (χ1v) is 9.37. The number of furan rings is 1. The minimum atomic E-state index is -4.62. The lowest BCUT2D eigenvalue weighted by atomic mass is 9.79. The number of hydrogen-bond donors (Lipinski definition) is 1. The number of rotatable bonds is 5. The fourth-order valence-electron chi connectivity index (χ4n) is 2.97. The maximum Gasteiger partial charge on any atom is 0.494 e. The minimum Gasteiger partial charge on any atom is -0.465 e. The number of carbonyl (C=O) groups is 1. The average Bonchev–Trinajstić information content (AvgIpc) is 3.17. The molecule has 0 bridgehead atoms. The Balaban J connectivity index is 1.68. The largest absolute Gasteiger partial charge is 0.494 e. The molecule has 1 saturated heterocycles. The van der Waals surface area contributed by atoms with Gasteiger partial charge < -0.3 is 18.8 Å². The lowest BCUT2D eigenvalue weighted by Gasteiger charge is -2.32. The third kappa shape index (κ3) is 4.65. The highest BCUT2D eigenvalue weighted by Gasteiger charge is 2.51. The Morgan fingerprint density at radius 1 is 1.00 bits per heavy atom. The predicted octanol–water partition coefficient (Wildman–Crippen LogP) is 4.28. The number of amides is 1. The van der Waals surface area contributed by atoms with E-state index in [9.17, 15) is 23.1 Å². The summed E-state index contributed by atoms with van der Waals surface area (Å²) < 4.78 is 54.7. The summed E-state index contributed by atoms with van der Waals surface area (Å²) in [7, 11) is -0.538. The Morgan fingerprint density at radius 2 is 1.57 bits per heavy atom. The van der Waals surface area contributed by atoms with Gasteiger partial charge in [0.05, 0.1) is 17.7 Å². The molecule has 1 aliphatic heterocycles. The van der Waals surface area contributed by atoms with Gasteiger partial charge in [-0.3, -0.25) is 4.90 Å². The number of alkyl halides is 3. The van der Waals surface area contributed by atoms with Crippen LogP contribution in [0.25, 0.3) is 0 Å². The summed E-state index contributed by atoms with van der Waals surface area (Å²) in [5.74, 6) is -1.24. The quantitative estimate of drug-likeness (QED) is 0.725. The van der Waals surface area contributed by atoms with Crippen molar-refractivity contribution >= 4 is 18.7 Å². The number of carboxylic acid groups (broad SMARTS) is 1. The van der Waals surface area contributed by atoms with Crippen molar-refractivity contribution in [3.05, 3.63) is 53.5 Å². The van der Waals surface area contributed by atoms with Crippen molar-refractivity contribution in [2.45, 2.75) is 58.2 Å². The van der Waals surface area contributed by atoms with Crippen LogP contribution in [0.2, 0.25) is 0 Å². The number of hydrogen-bond acceptors (Lipinski definition) is 4. The van der Waals surface area contributed by atoms with Crippen LogP contribution in [0.4, 0.5) is 18.0 Å². The maximum absolute atomic E-state index is 12.7. The van der Waals surface area contributed by atoms with Gasteiger partial charge in [0.25, 0.3) is 0 Å². The van der Waals surface area contributed by atoms with Crippen molar-refractivity contribution in [1.29, 1.82) is 0 Å². The lowest BCUT2D eigenvalue weighted by Crippen LogP contribution is -2.41. The predicted molar refractivity (Wildman–Crippen MR) is 103 cm³/mol.